The Morgan fingerprint density at radius 3 is 3.00 bits per heavy atom. The van der Waals surface area contributed by atoms with Gasteiger partial charge in [-0.2, -0.15) is 0 Å². The summed E-state index contributed by atoms with van der Waals surface area (Å²) in [5, 5.41) is 5.36. The molecule has 16 heavy (non-hydrogen) atoms. The zero-order valence-corrected chi connectivity index (χ0v) is 8.95. The Kier molecular flexibility index (Phi) is 1.91. The second kappa shape index (κ2) is 3.28. The van der Waals surface area contributed by atoms with Crippen molar-refractivity contribution in [2.45, 2.75) is 0 Å². The number of nitrogens with two attached hydrogens (primary N) is 1. The zero-order valence-electron chi connectivity index (χ0n) is 8.20. The van der Waals surface area contributed by atoms with E-state index in [1.807, 2.05) is 24.4 Å². The number of hydrogen-bond donors (Lipinski definition) is 2. The second-order valence-electron chi connectivity index (χ2n) is 3.50. The van der Waals surface area contributed by atoms with Gasteiger partial charge in [0.25, 0.3) is 0 Å². The van der Waals surface area contributed by atoms with E-state index in [4.69, 9.17) is 21.9 Å². The minimum absolute atomic E-state index is 0.524. The molecule has 0 aliphatic heterocycles. The van der Waals surface area contributed by atoms with Gasteiger partial charge in [0.15, 0.2) is 5.76 Å². The van der Waals surface area contributed by atoms with Crippen LogP contribution in [0.2, 0.25) is 5.02 Å². The molecule has 0 unspecified atom stereocenters. The van der Waals surface area contributed by atoms with Crippen LogP contribution in [0.15, 0.2) is 35.1 Å². The van der Waals surface area contributed by atoms with Crippen LogP contribution >= 0.6 is 11.6 Å². The molecule has 5 heteroatoms. The van der Waals surface area contributed by atoms with E-state index in [2.05, 4.69) is 10.1 Å². The van der Waals surface area contributed by atoms with Crippen molar-refractivity contribution in [2.75, 3.05) is 5.73 Å². The van der Waals surface area contributed by atoms with E-state index >= 15 is 0 Å². The standard InChI is InChI=1S/C11H8ClN3O/c12-6-1-2-7-8(4-14-10(7)3-6)11-9(13)5-15-16-11/h1-5,14H,13H2. The Morgan fingerprint density at radius 2 is 2.25 bits per heavy atom. The molecule has 0 saturated heterocycles. The highest BCUT2D eigenvalue weighted by Crippen LogP contribution is 2.33. The van der Waals surface area contributed by atoms with Crippen LogP contribution < -0.4 is 5.73 Å². The lowest BCUT2D eigenvalue weighted by Gasteiger charge is -1.95. The molecule has 2 aromatic heterocycles. The summed E-state index contributed by atoms with van der Waals surface area (Å²) in [6.45, 7) is 0. The molecule has 0 saturated carbocycles. The third-order valence-corrected chi connectivity index (χ3v) is 2.72. The number of fused-ring (bicyclic) bond motifs is 1. The predicted octanol–water partition coefficient (Wildman–Crippen LogP) is 3.06. The van der Waals surface area contributed by atoms with Crippen molar-refractivity contribution in [3.8, 4) is 11.3 Å². The van der Waals surface area contributed by atoms with Gasteiger partial charge in [-0.25, -0.2) is 0 Å². The van der Waals surface area contributed by atoms with Crippen LogP contribution in [0.25, 0.3) is 22.2 Å². The summed E-state index contributed by atoms with van der Waals surface area (Å²) < 4.78 is 5.12. The van der Waals surface area contributed by atoms with Crippen molar-refractivity contribution in [3.63, 3.8) is 0 Å². The monoisotopic (exact) mass is 233 g/mol. The average Bonchev–Trinajstić information content (AvgIpc) is 2.83. The molecule has 3 aromatic rings. The summed E-state index contributed by atoms with van der Waals surface area (Å²) in [5.41, 5.74) is 8.11. The normalized spacial score (nSPS) is 11.1. The maximum atomic E-state index is 5.90. The van der Waals surface area contributed by atoms with E-state index in [1.54, 1.807) is 0 Å². The molecule has 0 amide bonds. The lowest BCUT2D eigenvalue weighted by Crippen LogP contribution is -1.83. The third-order valence-electron chi connectivity index (χ3n) is 2.49. The first kappa shape index (κ1) is 9.30. The van der Waals surface area contributed by atoms with Crippen LogP contribution in [-0.4, -0.2) is 10.1 Å². The van der Waals surface area contributed by atoms with Gasteiger partial charge in [0, 0.05) is 27.7 Å². The van der Waals surface area contributed by atoms with Crippen LogP contribution in [0.5, 0.6) is 0 Å². The number of anilines is 1. The zero-order chi connectivity index (χ0) is 11.1. The van der Waals surface area contributed by atoms with Gasteiger partial charge in [0.2, 0.25) is 0 Å². The summed E-state index contributed by atoms with van der Waals surface area (Å²) >= 11 is 5.90. The van der Waals surface area contributed by atoms with Crippen LogP contribution in [0, 0.1) is 0 Å². The Balaban J connectivity index is 2.30. The highest BCUT2D eigenvalue weighted by atomic mass is 35.5. The van der Waals surface area contributed by atoms with Gasteiger partial charge in [0.05, 0.1) is 6.20 Å². The number of benzene rings is 1. The fraction of sp³-hybridized carbons (Fsp3) is 0. The first-order valence-electron chi connectivity index (χ1n) is 4.73. The summed E-state index contributed by atoms with van der Waals surface area (Å²) in [6.07, 6.45) is 3.32. The minimum Gasteiger partial charge on any atom is -0.394 e. The van der Waals surface area contributed by atoms with Gasteiger partial charge in [-0.3, -0.25) is 0 Å². The topological polar surface area (TPSA) is 67.8 Å². The number of aromatic amines is 1. The maximum Gasteiger partial charge on any atom is 0.191 e. The number of nitrogens with zero attached hydrogens (tertiary/aromatic N) is 1. The minimum atomic E-state index is 0.524. The van der Waals surface area contributed by atoms with Crippen molar-refractivity contribution in [1.29, 1.82) is 0 Å². The van der Waals surface area contributed by atoms with E-state index in [1.165, 1.54) is 6.20 Å². The van der Waals surface area contributed by atoms with Crippen molar-refractivity contribution in [3.05, 3.63) is 35.6 Å². The number of halogens is 1. The maximum absolute atomic E-state index is 5.90. The molecule has 0 spiro atoms. The van der Waals surface area contributed by atoms with E-state index in [0.717, 1.165) is 16.5 Å². The lowest BCUT2D eigenvalue weighted by molar-refractivity contribution is 0.433. The molecule has 80 valence electrons. The van der Waals surface area contributed by atoms with Crippen molar-refractivity contribution in [2.24, 2.45) is 0 Å². The Hall–Kier alpha value is -1.94. The molecule has 3 N–H and O–H groups in total. The number of aromatic nitrogens is 2. The molecule has 0 aliphatic carbocycles. The molecule has 0 fully saturated rings. The molecular formula is C11H8ClN3O. The number of rotatable bonds is 1. The summed E-state index contributed by atoms with van der Waals surface area (Å²) in [7, 11) is 0. The van der Waals surface area contributed by atoms with Gasteiger partial charge in [-0.15, -0.1) is 0 Å². The van der Waals surface area contributed by atoms with Gasteiger partial charge < -0.3 is 15.2 Å². The highest BCUT2D eigenvalue weighted by Gasteiger charge is 2.13. The van der Waals surface area contributed by atoms with Crippen LogP contribution in [-0.2, 0) is 0 Å². The molecule has 1 aromatic carbocycles. The van der Waals surface area contributed by atoms with E-state index in [-0.39, 0.29) is 0 Å². The van der Waals surface area contributed by atoms with E-state index in [0.29, 0.717) is 16.5 Å². The molecule has 3 rings (SSSR count). The molecule has 4 nitrogen and oxygen atoms in total. The summed E-state index contributed by atoms with van der Waals surface area (Å²) in [4.78, 5) is 3.12. The van der Waals surface area contributed by atoms with Crippen LogP contribution in [0.3, 0.4) is 0 Å². The smallest absolute Gasteiger partial charge is 0.191 e. The quantitative estimate of drug-likeness (QED) is 0.679. The average molecular weight is 234 g/mol. The molecule has 0 aliphatic rings. The van der Waals surface area contributed by atoms with Gasteiger partial charge in [-0.1, -0.05) is 22.8 Å². The van der Waals surface area contributed by atoms with Crippen LogP contribution in [0.1, 0.15) is 0 Å². The largest absolute Gasteiger partial charge is 0.394 e. The fourth-order valence-electron chi connectivity index (χ4n) is 1.74. The van der Waals surface area contributed by atoms with E-state index in [9.17, 15) is 0 Å². The molecular weight excluding hydrogens is 226 g/mol. The summed E-state index contributed by atoms with van der Waals surface area (Å²) in [5.74, 6) is 0.577. The Labute approximate surface area is 96.0 Å². The second-order valence-corrected chi connectivity index (χ2v) is 3.94. The lowest BCUT2D eigenvalue weighted by atomic mass is 10.1. The Bertz CT molecular complexity index is 656. The first-order valence-corrected chi connectivity index (χ1v) is 5.10. The summed E-state index contributed by atoms with van der Waals surface area (Å²) in [6, 6.07) is 5.60. The molecule has 2 heterocycles. The van der Waals surface area contributed by atoms with Gasteiger partial charge >= 0.3 is 0 Å². The van der Waals surface area contributed by atoms with Crippen molar-refractivity contribution >= 4 is 28.2 Å². The van der Waals surface area contributed by atoms with Gasteiger partial charge in [0.1, 0.15) is 5.69 Å². The molecule has 0 radical (unpaired) electrons. The third kappa shape index (κ3) is 1.27. The number of hydrogen-bond acceptors (Lipinski definition) is 3. The van der Waals surface area contributed by atoms with Gasteiger partial charge in [-0.05, 0) is 12.1 Å². The number of nitrogen functional groups attached to an aromatic ring is 1. The highest BCUT2D eigenvalue weighted by molar-refractivity contribution is 6.31. The van der Waals surface area contributed by atoms with Crippen molar-refractivity contribution in [1.82, 2.24) is 10.1 Å². The number of H-pyrrole nitrogens is 1. The fourth-order valence-corrected chi connectivity index (χ4v) is 1.91. The Morgan fingerprint density at radius 1 is 1.38 bits per heavy atom. The predicted molar refractivity (Wildman–Crippen MR) is 63.2 cm³/mol. The first-order chi connectivity index (χ1) is 7.75. The number of nitrogens with one attached hydrogen (secondary N) is 1. The SMILES string of the molecule is Nc1cnoc1-c1c[nH]c2cc(Cl)ccc12. The van der Waals surface area contributed by atoms with Crippen molar-refractivity contribution < 1.29 is 4.52 Å². The molecule has 0 bridgehead atoms. The van der Waals surface area contributed by atoms with Crippen LogP contribution in [0.4, 0.5) is 5.69 Å². The molecule has 0 atom stereocenters. The van der Waals surface area contributed by atoms with E-state index < -0.39 is 0 Å².